The maximum Gasteiger partial charge on any atom is 0.0945 e. The summed E-state index contributed by atoms with van der Waals surface area (Å²) in [6.07, 6.45) is -0.771. The molecule has 0 aliphatic carbocycles. The lowest BCUT2D eigenvalue weighted by Gasteiger charge is -2.23. The van der Waals surface area contributed by atoms with E-state index in [-0.39, 0.29) is 6.61 Å². The van der Waals surface area contributed by atoms with E-state index in [1.54, 1.807) is 0 Å². The zero-order chi connectivity index (χ0) is 15.9. The molecular weight excluding hydrogens is 278 g/mol. The predicted octanol–water partition coefficient (Wildman–Crippen LogP) is 1.70. The van der Waals surface area contributed by atoms with Crippen molar-refractivity contribution in [1.29, 1.82) is 0 Å². The first-order valence-electron chi connectivity index (χ1n) is 7.30. The molecule has 0 amide bonds. The highest BCUT2D eigenvalue weighted by atomic mass is 16.3. The smallest absolute Gasteiger partial charge is 0.0945 e. The molecule has 0 radical (unpaired) electrons. The van der Waals surface area contributed by atoms with Gasteiger partial charge in [-0.3, -0.25) is 0 Å². The first-order valence-corrected chi connectivity index (χ1v) is 7.30. The summed E-state index contributed by atoms with van der Waals surface area (Å²) in [7, 11) is 3.92. The molecule has 116 valence electrons. The number of aliphatic hydroxyl groups is 2. The molecule has 1 unspecified atom stereocenters. The minimum atomic E-state index is -0.771. The van der Waals surface area contributed by atoms with E-state index in [2.05, 4.69) is 16.7 Å². The molecule has 22 heavy (non-hydrogen) atoms. The first-order chi connectivity index (χ1) is 10.5. The number of aryl methyl sites for hydroxylation is 1. The zero-order valence-electron chi connectivity index (χ0n) is 12.8. The van der Waals surface area contributed by atoms with Gasteiger partial charge in [-0.2, -0.15) is 0 Å². The molecule has 1 heterocycles. The van der Waals surface area contributed by atoms with E-state index in [1.807, 2.05) is 43.3 Å². The summed E-state index contributed by atoms with van der Waals surface area (Å²) >= 11 is 0. The summed E-state index contributed by atoms with van der Waals surface area (Å²) in [6, 6.07) is 12.0. The number of benzene rings is 2. The van der Waals surface area contributed by atoms with Crippen LogP contribution in [0.3, 0.4) is 0 Å². The van der Waals surface area contributed by atoms with E-state index in [0.717, 1.165) is 33.2 Å². The van der Waals surface area contributed by atoms with Crippen molar-refractivity contribution in [2.24, 2.45) is 7.05 Å². The van der Waals surface area contributed by atoms with Gasteiger partial charge in [0.15, 0.2) is 0 Å². The van der Waals surface area contributed by atoms with Crippen LogP contribution in [0.5, 0.6) is 0 Å². The number of nitrogens with two attached hydrogens (primary N) is 1. The second-order valence-electron chi connectivity index (χ2n) is 5.69. The van der Waals surface area contributed by atoms with Gasteiger partial charge in [-0.25, -0.2) is 0 Å². The number of aliphatic hydroxyl groups excluding tert-OH is 2. The Kier molecular flexibility index (Phi) is 3.68. The van der Waals surface area contributed by atoms with Gasteiger partial charge in [0.2, 0.25) is 0 Å². The topological polar surface area (TPSA) is 74.7 Å². The van der Waals surface area contributed by atoms with Gasteiger partial charge in [-0.05, 0) is 18.2 Å². The van der Waals surface area contributed by atoms with Crippen molar-refractivity contribution >= 4 is 33.2 Å². The Balaban J connectivity index is 2.26. The number of nitrogens with zero attached hydrogens (tertiary/aromatic N) is 2. The number of anilines is 2. The molecule has 5 nitrogen and oxygen atoms in total. The van der Waals surface area contributed by atoms with E-state index < -0.39 is 6.10 Å². The minimum Gasteiger partial charge on any atom is -0.398 e. The molecule has 5 heteroatoms. The lowest BCUT2D eigenvalue weighted by atomic mass is 10.1. The van der Waals surface area contributed by atoms with Crippen LogP contribution in [0.2, 0.25) is 0 Å². The van der Waals surface area contributed by atoms with E-state index in [9.17, 15) is 5.11 Å². The molecule has 0 bridgehead atoms. The molecule has 0 aliphatic rings. The maximum absolute atomic E-state index is 9.70. The monoisotopic (exact) mass is 299 g/mol. The average molecular weight is 299 g/mol. The normalized spacial score (nSPS) is 12.9. The fraction of sp³-hybridized carbons (Fsp3) is 0.294. The Morgan fingerprint density at radius 1 is 1.23 bits per heavy atom. The molecule has 0 saturated heterocycles. The van der Waals surface area contributed by atoms with Crippen LogP contribution >= 0.6 is 0 Å². The molecule has 0 aliphatic heterocycles. The van der Waals surface area contributed by atoms with Crippen molar-refractivity contribution in [3.8, 4) is 0 Å². The number of nitrogen functional groups attached to an aromatic ring is 1. The van der Waals surface area contributed by atoms with E-state index in [1.165, 1.54) is 0 Å². The highest BCUT2D eigenvalue weighted by Gasteiger charge is 2.17. The van der Waals surface area contributed by atoms with Gasteiger partial charge in [0.1, 0.15) is 0 Å². The molecule has 0 saturated carbocycles. The Morgan fingerprint density at radius 2 is 1.95 bits per heavy atom. The van der Waals surface area contributed by atoms with Crippen LogP contribution in [0.1, 0.15) is 0 Å². The molecule has 3 aromatic rings. The van der Waals surface area contributed by atoms with E-state index >= 15 is 0 Å². The fourth-order valence-electron chi connectivity index (χ4n) is 3.10. The van der Waals surface area contributed by atoms with Crippen molar-refractivity contribution in [3.63, 3.8) is 0 Å². The number of para-hydroxylation sites is 1. The average Bonchev–Trinajstić information content (AvgIpc) is 2.82. The van der Waals surface area contributed by atoms with Gasteiger partial charge >= 0.3 is 0 Å². The second kappa shape index (κ2) is 5.51. The predicted molar refractivity (Wildman–Crippen MR) is 91.2 cm³/mol. The molecule has 0 spiro atoms. The number of rotatable bonds is 4. The Labute approximate surface area is 129 Å². The number of fused-ring (bicyclic) bond motifs is 3. The van der Waals surface area contributed by atoms with Crippen LogP contribution in [0.15, 0.2) is 36.4 Å². The largest absolute Gasteiger partial charge is 0.398 e. The number of aromatic nitrogens is 1. The standard InChI is InChI=1S/C17H21N3O2/c1-19(9-11(22)10-21)15-8-7-13(18)16-12-5-3-4-6-14(12)20(2)17(15)16/h3-8,11,21-22H,9-10,18H2,1-2H3. The molecule has 3 rings (SSSR count). The molecule has 0 fully saturated rings. The van der Waals surface area contributed by atoms with Crippen LogP contribution in [0.4, 0.5) is 11.4 Å². The lowest BCUT2D eigenvalue weighted by molar-refractivity contribution is 0.101. The van der Waals surface area contributed by atoms with Crippen LogP contribution < -0.4 is 10.6 Å². The second-order valence-corrected chi connectivity index (χ2v) is 5.69. The van der Waals surface area contributed by atoms with Gasteiger partial charge in [0, 0.05) is 42.6 Å². The van der Waals surface area contributed by atoms with Gasteiger partial charge in [0.05, 0.1) is 23.9 Å². The van der Waals surface area contributed by atoms with Crippen LogP contribution in [-0.2, 0) is 7.05 Å². The van der Waals surface area contributed by atoms with Crippen LogP contribution in [0.25, 0.3) is 21.8 Å². The van der Waals surface area contributed by atoms with Crippen LogP contribution in [-0.4, -0.2) is 41.1 Å². The Hall–Kier alpha value is -2.24. The zero-order valence-corrected chi connectivity index (χ0v) is 12.8. The third-order valence-corrected chi connectivity index (χ3v) is 4.17. The van der Waals surface area contributed by atoms with Crippen molar-refractivity contribution in [2.75, 3.05) is 30.8 Å². The SMILES string of the molecule is CN(CC(O)CO)c1ccc(N)c2c3ccccc3n(C)c12. The van der Waals surface area contributed by atoms with Gasteiger partial charge in [0.25, 0.3) is 0 Å². The summed E-state index contributed by atoms with van der Waals surface area (Å²) in [6.45, 7) is 0.106. The number of hydrogen-bond acceptors (Lipinski definition) is 4. The van der Waals surface area contributed by atoms with Crippen molar-refractivity contribution in [1.82, 2.24) is 4.57 Å². The first kappa shape index (κ1) is 14.7. The summed E-state index contributed by atoms with van der Waals surface area (Å²) in [5, 5.41) is 20.9. The van der Waals surface area contributed by atoms with Crippen LogP contribution in [0, 0.1) is 0 Å². The highest BCUT2D eigenvalue weighted by Crippen LogP contribution is 2.37. The Bertz CT molecular complexity index is 825. The van der Waals surface area contributed by atoms with Crippen molar-refractivity contribution < 1.29 is 10.2 Å². The van der Waals surface area contributed by atoms with Crippen molar-refractivity contribution in [2.45, 2.75) is 6.10 Å². The van der Waals surface area contributed by atoms with Gasteiger partial charge in [-0.1, -0.05) is 18.2 Å². The lowest BCUT2D eigenvalue weighted by Crippen LogP contribution is -2.31. The fourth-order valence-corrected chi connectivity index (χ4v) is 3.10. The van der Waals surface area contributed by atoms with E-state index in [0.29, 0.717) is 6.54 Å². The number of hydrogen-bond donors (Lipinski definition) is 3. The third kappa shape index (κ3) is 2.19. The van der Waals surface area contributed by atoms with Crippen molar-refractivity contribution in [3.05, 3.63) is 36.4 Å². The van der Waals surface area contributed by atoms with Gasteiger partial charge < -0.3 is 25.4 Å². The molecule has 4 N–H and O–H groups in total. The van der Waals surface area contributed by atoms with E-state index in [4.69, 9.17) is 10.8 Å². The molecular formula is C17H21N3O2. The molecule has 1 aromatic heterocycles. The summed E-state index contributed by atoms with van der Waals surface area (Å²) in [5.41, 5.74) is 10.1. The van der Waals surface area contributed by atoms with Gasteiger partial charge in [-0.15, -0.1) is 0 Å². The number of likely N-dealkylation sites (N-methyl/N-ethyl adjacent to an activating group) is 1. The summed E-state index contributed by atoms with van der Waals surface area (Å²) < 4.78 is 2.12. The third-order valence-electron chi connectivity index (χ3n) is 4.17. The summed E-state index contributed by atoms with van der Waals surface area (Å²) in [5.74, 6) is 0. The maximum atomic E-state index is 9.70. The Morgan fingerprint density at radius 3 is 2.68 bits per heavy atom. The summed E-state index contributed by atoms with van der Waals surface area (Å²) in [4.78, 5) is 1.95. The minimum absolute atomic E-state index is 0.252. The molecule has 1 atom stereocenters. The quantitative estimate of drug-likeness (QED) is 0.641. The molecule has 2 aromatic carbocycles. The highest BCUT2D eigenvalue weighted by molar-refractivity contribution is 6.17.